The van der Waals surface area contributed by atoms with Gasteiger partial charge in [-0.3, -0.25) is 4.99 Å². The van der Waals surface area contributed by atoms with E-state index in [-0.39, 0.29) is 31.4 Å². The molecule has 2 N–H and O–H groups in total. The van der Waals surface area contributed by atoms with Gasteiger partial charge in [0.15, 0.2) is 5.96 Å². The van der Waals surface area contributed by atoms with Crippen LogP contribution in [-0.4, -0.2) is 38.9 Å². The van der Waals surface area contributed by atoms with Crippen molar-refractivity contribution in [3.8, 4) is 5.75 Å². The highest BCUT2D eigenvalue weighted by atomic mass is 19.4. The first-order valence-corrected chi connectivity index (χ1v) is 6.94. The third kappa shape index (κ3) is 7.42. The van der Waals surface area contributed by atoms with Gasteiger partial charge in [-0.15, -0.1) is 0 Å². The molecule has 0 amide bonds. The van der Waals surface area contributed by atoms with Gasteiger partial charge in [0.05, 0.1) is 18.5 Å². The number of ether oxygens (including phenoxy) is 1. The molecule has 0 radical (unpaired) electrons. The van der Waals surface area contributed by atoms with E-state index in [2.05, 4.69) is 15.6 Å². The van der Waals surface area contributed by atoms with Gasteiger partial charge in [0.1, 0.15) is 12.4 Å². The van der Waals surface area contributed by atoms with Crippen LogP contribution in [-0.2, 0) is 6.18 Å². The van der Waals surface area contributed by atoms with E-state index < -0.39 is 24.3 Å². The molecule has 0 spiro atoms. The first kappa shape index (κ1) is 19.9. The molecule has 10 heteroatoms. The van der Waals surface area contributed by atoms with Crippen LogP contribution < -0.4 is 15.4 Å². The van der Waals surface area contributed by atoms with Crippen molar-refractivity contribution in [2.45, 2.75) is 18.8 Å². The first-order chi connectivity index (χ1) is 11.1. The lowest BCUT2D eigenvalue weighted by molar-refractivity contribution is -0.139. The van der Waals surface area contributed by atoms with E-state index in [0.717, 1.165) is 6.07 Å². The highest BCUT2D eigenvalue weighted by Gasteiger charge is 2.33. The minimum absolute atomic E-state index is 0.0673. The van der Waals surface area contributed by atoms with Gasteiger partial charge in [-0.05, 0) is 12.1 Å². The molecule has 1 aromatic carbocycles. The quantitative estimate of drug-likeness (QED) is 0.356. The highest BCUT2D eigenvalue weighted by Crippen LogP contribution is 2.35. The maximum atomic E-state index is 12.8. The van der Waals surface area contributed by atoms with E-state index in [1.807, 2.05) is 0 Å². The molecule has 0 saturated heterocycles. The lowest BCUT2D eigenvalue weighted by Gasteiger charge is -2.15. The normalized spacial score (nSPS) is 12.9. The van der Waals surface area contributed by atoms with Crippen LogP contribution in [0.3, 0.4) is 0 Å². The van der Waals surface area contributed by atoms with Crippen molar-refractivity contribution in [2.75, 3.05) is 26.7 Å². The monoisotopic (exact) mass is 357 g/mol. The second-order valence-corrected chi connectivity index (χ2v) is 4.63. The molecule has 4 nitrogen and oxygen atoms in total. The lowest BCUT2D eigenvalue weighted by atomic mass is 10.2. The highest BCUT2D eigenvalue weighted by molar-refractivity contribution is 5.79. The summed E-state index contributed by atoms with van der Waals surface area (Å²) in [6, 6.07) is 4.76. The van der Waals surface area contributed by atoms with E-state index in [0.29, 0.717) is 0 Å². The number of para-hydroxylation sites is 1. The minimum atomic E-state index is -4.53. The Labute approximate surface area is 134 Å². The molecule has 1 aromatic rings. The standard InChI is InChI=1S/C14H17F6N3O/c1-21-12(22-7-6-13(15,16)17)23-8-9-24-11-5-3-2-4-10(11)14(18,19)20/h2-5H,6-9H2,1H3,(H2,21,22,23). The fourth-order valence-corrected chi connectivity index (χ4v) is 1.70. The number of benzene rings is 1. The maximum Gasteiger partial charge on any atom is 0.419 e. The van der Waals surface area contributed by atoms with Gasteiger partial charge < -0.3 is 15.4 Å². The molecule has 0 aliphatic heterocycles. The van der Waals surface area contributed by atoms with Crippen LogP contribution in [0.15, 0.2) is 29.3 Å². The summed E-state index contributed by atoms with van der Waals surface area (Å²) >= 11 is 0. The number of halogens is 6. The number of aliphatic imine (C=N–C) groups is 1. The fraction of sp³-hybridized carbons (Fsp3) is 0.500. The van der Waals surface area contributed by atoms with Crippen molar-refractivity contribution in [3.05, 3.63) is 29.8 Å². The summed E-state index contributed by atoms with van der Waals surface area (Å²) in [5.41, 5.74) is -0.891. The van der Waals surface area contributed by atoms with Gasteiger partial charge in [-0.1, -0.05) is 12.1 Å². The molecule has 1 rings (SSSR count). The number of rotatable bonds is 6. The van der Waals surface area contributed by atoms with Gasteiger partial charge in [-0.25, -0.2) is 0 Å². The van der Waals surface area contributed by atoms with E-state index in [1.165, 1.54) is 25.2 Å². The largest absolute Gasteiger partial charge is 0.491 e. The predicted molar refractivity (Wildman–Crippen MR) is 77.0 cm³/mol. The van der Waals surface area contributed by atoms with Gasteiger partial charge in [0.2, 0.25) is 0 Å². The summed E-state index contributed by atoms with van der Waals surface area (Å²) in [7, 11) is 1.36. The van der Waals surface area contributed by atoms with E-state index >= 15 is 0 Å². The SMILES string of the molecule is CN=C(NCCOc1ccccc1C(F)(F)F)NCCC(F)(F)F. The Bertz CT molecular complexity index is 542. The Kier molecular flexibility index (Phi) is 7.18. The molecule has 136 valence electrons. The van der Waals surface area contributed by atoms with Crippen LogP contribution in [0, 0.1) is 0 Å². The molecule has 0 heterocycles. The molecule has 0 aliphatic carbocycles. The van der Waals surface area contributed by atoms with Crippen LogP contribution in [0.2, 0.25) is 0 Å². The lowest BCUT2D eigenvalue weighted by Crippen LogP contribution is -2.40. The number of guanidine groups is 1. The Morgan fingerprint density at radius 3 is 2.25 bits per heavy atom. The summed E-state index contributed by atoms with van der Waals surface area (Å²) in [6.45, 7) is -0.411. The molecular formula is C14H17F6N3O. The molecule has 0 fully saturated rings. The Balaban J connectivity index is 2.40. The van der Waals surface area contributed by atoms with Gasteiger partial charge in [0, 0.05) is 13.6 Å². The van der Waals surface area contributed by atoms with E-state index in [1.54, 1.807) is 0 Å². The van der Waals surface area contributed by atoms with Crippen molar-refractivity contribution < 1.29 is 31.1 Å². The first-order valence-electron chi connectivity index (χ1n) is 6.94. The zero-order chi connectivity index (χ0) is 18.2. The number of alkyl halides is 6. The Morgan fingerprint density at radius 2 is 1.67 bits per heavy atom. The summed E-state index contributed by atoms with van der Waals surface area (Å²) in [5, 5.41) is 5.09. The zero-order valence-electron chi connectivity index (χ0n) is 12.8. The van der Waals surface area contributed by atoms with Crippen molar-refractivity contribution in [1.29, 1.82) is 0 Å². The van der Waals surface area contributed by atoms with Crippen LogP contribution in [0.4, 0.5) is 26.3 Å². The molecule has 0 atom stereocenters. The molecule has 0 unspecified atom stereocenters. The second-order valence-electron chi connectivity index (χ2n) is 4.63. The zero-order valence-corrected chi connectivity index (χ0v) is 12.8. The summed E-state index contributed by atoms with van der Waals surface area (Å²) in [5.74, 6) is -0.209. The minimum Gasteiger partial charge on any atom is -0.491 e. The Morgan fingerprint density at radius 1 is 1.04 bits per heavy atom. The number of hydrogen-bond donors (Lipinski definition) is 2. The maximum absolute atomic E-state index is 12.8. The Hall–Kier alpha value is -2.13. The van der Waals surface area contributed by atoms with Crippen LogP contribution >= 0.6 is 0 Å². The molecule has 24 heavy (non-hydrogen) atoms. The van der Waals surface area contributed by atoms with Crippen molar-refractivity contribution in [1.82, 2.24) is 10.6 Å². The number of hydrogen-bond acceptors (Lipinski definition) is 2. The summed E-state index contributed by atoms with van der Waals surface area (Å²) in [6.07, 6.45) is -9.83. The molecule has 0 bridgehead atoms. The van der Waals surface area contributed by atoms with Gasteiger partial charge in [0.25, 0.3) is 0 Å². The third-order valence-corrected chi connectivity index (χ3v) is 2.77. The molecule has 0 saturated carbocycles. The second kappa shape index (κ2) is 8.65. The van der Waals surface area contributed by atoms with Gasteiger partial charge in [-0.2, -0.15) is 26.3 Å². The van der Waals surface area contributed by atoms with Crippen molar-refractivity contribution in [2.24, 2.45) is 4.99 Å². The molecule has 0 aromatic heterocycles. The third-order valence-electron chi connectivity index (χ3n) is 2.77. The van der Waals surface area contributed by atoms with E-state index in [4.69, 9.17) is 4.74 Å². The number of nitrogens with one attached hydrogen (secondary N) is 2. The van der Waals surface area contributed by atoms with Crippen LogP contribution in [0.25, 0.3) is 0 Å². The topological polar surface area (TPSA) is 45.7 Å². The number of nitrogens with zero attached hydrogens (tertiary/aromatic N) is 1. The average Bonchev–Trinajstić information content (AvgIpc) is 2.48. The van der Waals surface area contributed by atoms with Crippen LogP contribution in [0.1, 0.15) is 12.0 Å². The van der Waals surface area contributed by atoms with Crippen molar-refractivity contribution in [3.63, 3.8) is 0 Å². The van der Waals surface area contributed by atoms with Crippen LogP contribution in [0.5, 0.6) is 5.75 Å². The summed E-state index contributed by atoms with van der Waals surface area (Å²) in [4.78, 5) is 3.70. The molecule has 0 aliphatic rings. The van der Waals surface area contributed by atoms with Crippen molar-refractivity contribution >= 4 is 5.96 Å². The van der Waals surface area contributed by atoms with Gasteiger partial charge >= 0.3 is 12.4 Å². The summed E-state index contributed by atoms with van der Waals surface area (Å²) < 4.78 is 79.4. The molecular weight excluding hydrogens is 340 g/mol. The van der Waals surface area contributed by atoms with E-state index in [9.17, 15) is 26.3 Å². The smallest absolute Gasteiger partial charge is 0.419 e. The predicted octanol–water partition coefficient (Wildman–Crippen LogP) is 3.20. The fourth-order valence-electron chi connectivity index (χ4n) is 1.70. The average molecular weight is 357 g/mol.